The van der Waals surface area contributed by atoms with Crippen LogP contribution in [-0.2, 0) is 11.5 Å². The quantitative estimate of drug-likeness (QED) is 0.872. The van der Waals surface area contributed by atoms with Crippen LogP contribution in [0, 0.1) is 0 Å². The van der Waals surface area contributed by atoms with Crippen molar-refractivity contribution in [3.63, 3.8) is 0 Å². The van der Waals surface area contributed by atoms with Gasteiger partial charge in [0.05, 0.1) is 4.47 Å². The minimum absolute atomic E-state index is 0.136. The summed E-state index contributed by atoms with van der Waals surface area (Å²) in [6, 6.07) is 1.57. The van der Waals surface area contributed by atoms with Crippen molar-refractivity contribution < 1.29 is 4.74 Å². The zero-order valence-electron chi connectivity index (χ0n) is 7.29. The fourth-order valence-corrected chi connectivity index (χ4v) is 1.40. The third-order valence-electron chi connectivity index (χ3n) is 1.50. The lowest BCUT2D eigenvalue weighted by molar-refractivity contribution is 0.0853. The molecule has 0 saturated heterocycles. The summed E-state index contributed by atoms with van der Waals surface area (Å²) in [6.45, 7) is 2.67. The van der Waals surface area contributed by atoms with Crippen LogP contribution in [0.1, 0.15) is 6.92 Å². The first-order valence-corrected chi connectivity index (χ1v) is 4.67. The highest BCUT2D eigenvalue weighted by Crippen LogP contribution is 2.07. The predicted octanol–water partition coefficient (Wildman–Crippen LogP) is 1.19. The Bertz CT molecular complexity index is 348. The third kappa shape index (κ3) is 2.57. The molecule has 0 unspecified atom stereocenters. The van der Waals surface area contributed by atoms with Crippen LogP contribution in [0.25, 0.3) is 0 Å². The highest BCUT2D eigenvalue weighted by Gasteiger charge is 2.01. The SMILES string of the molecule is CCOCn1cc(N)cc(Br)c1=O. The van der Waals surface area contributed by atoms with Gasteiger partial charge in [-0.1, -0.05) is 0 Å². The van der Waals surface area contributed by atoms with Crippen LogP contribution < -0.4 is 11.3 Å². The van der Waals surface area contributed by atoms with Crippen molar-refractivity contribution in [2.45, 2.75) is 13.7 Å². The van der Waals surface area contributed by atoms with E-state index in [2.05, 4.69) is 15.9 Å². The summed E-state index contributed by atoms with van der Waals surface area (Å²) < 4.78 is 6.97. The summed E-state index contributed by atoms with van der Waals surface area (Å²) in [6.07, 6.45) is 1.56. The number of hydrogen-bond acceptors (Lipinski definition) is 3. The first-order chi connectivity index (χ1) is 6.15. The Morgan fingerprint density at radius 1 is 1.69 bits per heavy atom. The molecule has 1 aromatic rings. The van der Waals surface area contributed by atoms with Crippen molar-refractivity contribution in [2.75, 3.05) is 12.3 Å². The number of nitrogens with two attached hydrogens (primary N) is 1. The van der Waals surface area contributed by atoms with Crippen LogP contribution in [0.5, 0.6) is 0 Å². The largest absolute Gasteiger partial charge is 0.398 e. The lowest BCUT2D eigenvalue weighted by atomic mass is 10.4. The maximum atomic E-state index is 11.4. The smallest absolute Gasteiger partial charge is 0.266 e. The number of hydrogen-bond donors (Lipinski definition) is 1. The fraction of sp³-hybridized carbons (Fsp3) is 0.375. The molecule has 2 N–H and O–H groups in total. The number of nitrogens with zero attached hydrogens (tertiary/aromatic N) is 1. The van der Waals surface area contributed by atoms with Crippen LogP contribution in [0.2, 0.25) is 0 Å². The topological polar surface area (TPSA) is 57.2 Å². The normalized spacial score (nSPS) is 10.3. The standard InChI is InChI=1S/C8H11BrN2O2/c1-2-13-5-11-4-6(10)3-7(9)8(11)12/h3-4H,2,5,10H2,1H3. The Labute approximate surface area is 84.4 Å². The Hall–Kier alpha value is -0.810. The number of nitrogen functional groups attached to an aromatic ring is 1. The van der Waals surface area contributed by atoms with Crippen molar-refractivity contribution in [3.8, 4) is 0 Å². The van der Waals surface area contributed by atoms with Crippen molar-refractivity contribution in [2.24, 2.45) is 0 Å². The number of rotatable bonds is 3. The van der Waals surface area contributed by atoms with Gasteiger partial charge < -0.3 is 10.5 Å². The van der Waals surface area contributed by atoms with Gasteiger partial charge in [-0.2, -0.15) is 0 Å². The van der Waals surface area contributed by atoms with Crippen LogP contribution in [0.4, 0.5) is 5.69 Å². The molecule has 0 fully saturated rings. The second-order valence-corrected chi connectivity index (χ2v) is 3.37. The minimum atomic E-state index is -0.136. The van der Waals surface area contributed by atoms with Crippen molar-refractivity contribution in [3.05, 3.63) is 27.1 Å². The van der Waals surface area contributed by atoms with Crippen LogP contribution in [-0.4, -0.2) is 11.2 Å². The van der Waals surface area contributed by atoms with Gasteiger partial charge in [0.1, 0.15) is 6.73 Å². The molecule has 0 saturated carbocycles. The molecule has 1 heterocycles. The summed E-state index contributed by atoms with van der Waals surface area (Å²) in [5, 5.41) is 0. The molecule has 0 aliphatic rings. The van der Waals surface area contributed by atoms with E-state index in [1.165, 1.54) is 4.57 Å². The van der Waals surface area contributed by atoms with Gasteiger partial charge in [0.15, 0.2) is 0 Å². The molecule has 0 bridgehead atoms. The Balaban J connectivity index is 2.99. The van der Waals surface area contributed by atoms with Gasteiger partial charge in [0, 0.05) is 18.5 Å². The molecule has 0 amide bonds. The summed E-state index contributed by atoms with van der Waals surface area (Å²) in [7, 11) is 0. The first-order valence-electron chi connectivity index (χ1n) is 3.88. The van der Waals surface area contributed by atoms with E-state index < -0.39 is 0 Å². The van der Waals surface area contributed by atoms with Crippen molar-refractivity contribution in [1.29, 1.82) is 0 Å². The van der Waals surface area contributed by atoms with Gasteiger partial charge in [-0.3, -0.25) is 9.36 Å². The van der Waals surface area contributed by atoms with Gasteiger partial charge in [-0.15, -0.1) is 0 Å². The number of halogens is 1. The Morgan fingerprint density at radius 3 is 3.00 bits per heavy atom. The summed E-state index contributed by atoms with van der Waals surface area (Å²) in [5.74, 6) is 0. The van der Waals surface area contributed by atoms with E-state index in [1.807, 2.05) is 6.92 Å². The molecule has 0 aliphatic carbocycles. The molecule has 0 aliphatic heterocycles. The molecule has 1 aromatic heterocycles. The molecule has 0 atom stereocenters. The average molecular weight is 247 g/mol. The highest BCUT2D eigenvalue weighted by molar-refractivity contribution is 9.10. The van der Waals surface area contributed by atoms with E-state index in [9.17, 15) is 4.79 Å². The van der Waals surface area contributed by atoms with E-state index in [0.717, 1.165) is 0 Å². The molecular formula is C8H11BrN2O2. The van der Waals surface area contributed by atoms with Crippen LogP contribution >= 0.6 is 15.9 Å². The molecule has 1 rings (SSSR count). The monoisotopic (exact) mass is 246 g/mol. The van der Waals surface area contributed by atoms with Gasteiger partial charge in [-0.25, -0.2) is 0 Å². The van der Waals surface area contributed by atoms with Gasteiger partial charge in [0.25, 0.3) is 5.56 Å². The zero-order chi connectivity index (χ0) is 9.84. The predicted molar refractivity (Wildman–Crippen MR) is 54.4 cm³/mol. The molecule has 72 valence electrons. The lowest BCUT2D eigenvalue weighted by Gasteiger charge is -2.06. The first kappa shape index (κ1) is 10.3. The molecule has 0 radical (unpaired) electrons. The zero-order valence-corrected chi connectivity index (χ0v) is 8.87. The number of ether oxygens (including phenoxy) is 1. The van der Waals surface area contributed by atoms with Gasteiger partial charge in [0.2, 0.25) is 0 Å². The van der Waals surface area contributed by atoms with Crippen LogP contribution in [0.15, 0.2) is 21.5 Å². The second kappa shape index (κ2) is 4.43. The summed E-state index contributed by atoms with van der Waals surface area (Å²) >= 11 is 3.12. The van der Waals surface area contributed by atoms with Crippen molar-refractivity contribution >= 4 is 21.6 Å². The van der Waals surface area contributed by atoms with E-state index in [1.54, 1.807) is 12.3 Å². The maximum absolute atomic E-state index is 11.4. The number of pyridine rings is 1. The highest BCUT2D eigenvalue weighted by atomic mass is 79.9. The van der Waals surface area contributed by atoms with E-state index >= 15 is 0 Å². The molecule has 0 spiro atoms. The Kier molecular flexibility index (Phi) is 3.50. The van der Waals surface area contributed by atoms with E-state index in [4.69, 9.17) is 10.5 Å². The maximum Gasteiger partial charge on any atom is 0.266 e. The van der Waals surface area contributed by atoms with Crippen molar-refractivity contribution in [1.82, 2.24) is 4.57 Å². The van der Waals surface area contributed by atoms with Gasteiger partial charge in [-0.05, 0) is 28.9 Å². The summed E-state index contributed by atoms with van der Waals surface area (Å²) in [5.41, 5.74) is 5.95. The molecular weight excluding hydrogens is 236 g/mol. The van der Waals surface area contributed by atoms with Gasteiger partial charge >= 0.3 is 0 Å². The molecule has 0 aromatic carbocycles. The molecule has 4 nitrogen and oxygen atoms in total. The summed E-state index contributed by atoms with van der Waals surface area (Å²) in [4.78, 5) is 11.4. The van der Waals surface area contributed by atoms with E-state index in [-0.39, 0.29) is 12.3 Å². The number of aromatic nitrogens is 1. The minimum Gasteiger partial charge on any atom is -0.398 e. The van der Waals surface area contributed by atoms with Crippen LogP contribution in [0.3, 0.4) is 0 Å². The Morgan fingerprint density at radius 2 is 2.38 bits per heavy atom. The third-order valence-corrected chi connectivity index (χ3v) is 2.07. The fourth-order valence-electron chi connectivity index (χ4n) is 0.907. The molecule has 5 heteroatoms. The average Bonchev–Trinajstić information content (AvgIpc) is 2.09. The second-order valence-electron chi connectivity index (χ2n) is 2.52. The van der Waals surface area contributed by atoms with E-state index in [0.29, 0.717) is 16.8 Å². The lowest BCUT2D eigenvalue weighted by Crippen LogP contribution is -2.22. The number of anilines is 1. The molecule has 13 heavy (non-hydrogen) atoms.